The van der Waals surface area contributed by atoms with E-state index in [0.29, 0.717) is 11.4 Å². The highest BCUT2D eigenvalue weighted by molar-refractivity contribution is 5.93. The molecule has 4 nitrogen and oxygen atoms in total. The fourth-order valence-electron chi connectivity index (χ4n) is 2.66. The number of carbonyl (C=O) groups is 1. The second kappa shape index (κ2) is 7.97. The van der Waals surface area contributed by atoms with Crippen LogP contribution in [-0.2, 0) is 5.41 Å². The minimum atomic E-state index is -0.0792. The molecule has 0 aliphatic heterocycles. The number of nitrogens with zero attached hydrogens (tertiary/aromatic N) is 2. The van der Waals surface area contributed by atoms with Crippen LogP contribution < -0.4 is 4.74 Å². The van der Waals surface area contributed by atoms with Crippen molar-refractivity contribution in [2.75, 3.05) is 14.1 Å². The van der Waals surface area contributed by atoms with E-state index in [1.165, 1.54) is 16.7 Å². The molecule has 0 spiro atoms. The quantitative estimate of drug-likeness (QED) is 0.680. The molecular weight excluding hydrogens is 312 g/mol. The van der Waals surface area contributed by atoms with Gasteiger partial charge in [0.05, 0.1) is 5.56 Å². The van der Waals surface area contributed by atoms with Crippen molar-refractivity contribution in [1.29, 1.82) is 0 Å². The van der Waals surface area contributed by atoms with Crippen LogP contribution in [0.4, 0.5) is 0 Å². The third-order valence-electron chi connectivity index (χ3n) is 4.54. The Kier molecular flexibility index (Phi) is 5.97. The van der Waals surface area contributed by atoms with Gasteiger partial charge in [0.2, 0.25) is 5.88 Å². The van der Waals surface area contributed by atoms with Gasteiger partial charge in [0.15, 0.2) is 0 Å². The highest BCUT2D eigenvalue weighted by atomic mass is 16.5. The van der Waals surface area contributed by atoms with Crippen molar-refractivity contribution in [2.45, 2.75) is 32.1 Å². The van der Waals surface area contributed by atoms with E-state index in [0.717, 1.165) is 18.6 Å². The van der Waals surface area contributed by atoms with Gasteiger partial charge in [-0.25, -0.2) is 4.98 Å². The number of ether oxygens (including phenoxy) is 1. The molecule has 0 radical (unpaired) electrons. The van der Waals surface area contributed by atoms with E-state index in [1.54, 1.807) is 26.2 Å². The number of carbonyl (C=O) groups excluding carboxylic acids is 1. The Morgan fingerprint density at radius 1 is 1.24 bits per heavy atom. The molecule has 4 heteroatoms. The van der Waals surface area contributed by atoms with E-state index in [4.69, 9.17) is 4.74 Å². The van der Waals surface area contributed by atoms with Gasteiger partial charge in [-0.15, -0.1) is 6.58 Å². The number of hydrogen-bond acceptors (Lipinski definition) is 3. The fraction of sp³-hybridized carbons (Fsp3) is 0.333. The maximum atomic E-state index is 11.9. The summed E-state index contributed by atoms with van der Waals surface area (Å²) in [4.78, 5) is 17.6. The first-order chi connectivity index (χ1) is 11.9. The number of allylic oxidation sites excluding steroid dienone is 1. The Bertz CT molecular complexity index is 721. The molecule has 0 saturated heterocycles. The molecule has 2 aromatic rings. The number of benzene rings is 1. The fourth-order valence-corrected chi connectivity index (χ4v) is 2.66. The molecule has 0 aliphatic carbocycles. The van der Waals surface area contributed by atoms with E-state index >= 15 is 0 Å². The van der Waals surface area contributed by atoms with Crippen molar-refractivity contribution >= 4 is 5.91 Å². The molecule has 0 saturated carbocycles. The SMILES string of the molecule is C=CCC(C)(CC)c1ccc(Oc2ccc(C(=O)N(C)C)cn2)cc1. The predicted octanol–water partition coefficient (Wildman–Crippen LogP) is 4.82. The highest BCUT2D eigenvalue weighted by Gasteiger charge is 2.22. The van der Waals surface area contributed by atoms with Crippen LogP contribution in [-0.4, -0.2) is 29.9 Å². The lowest BCUT2D eigenvalue weighted by Gasteiger charge is -2.27. The Balaban J connectivity index is 2.11. The molecule has 1 heterocycles. The summed E-state index contributed by atoms with van der Waals surface area (Å²) in [5.41, 5.74) is 1.89. The Hall–Kier alpha value is -2.62. The molecule has 132 valence electrons. The monoisotopic (exact) mass is 338 g/mol. The van der Waals surface area contributed by atoms with Crippen LogP contribution in [0.15, 0.2) is 55.3 Å². The summed E-state index contributed by atoms with van der Waals surface area (Å²) in [6.45, 7) is 8.29. The van der Waals surface area contributed by atoms with Gasteiger partial charge in [0.25, 0.3) is 5.91 Å². The number of amides is 1. The van der Waals surface area contributed by atoms with Crippen molar-refractivity contribution in [2.24, 2.45) is 0 Å². The lowest BCUT2D eigenvalue weighted by atomic mass is 9.77. The van der Waals surface area contributed by atoms with E-state index in [1.807, 2.05) is 18.2 Å². The van der Waals surface area contributed by atoms with Crippen LogP contribution in [0, 0.1) is 0 Å². The first-order valence-corrected chi connectivity index (χ1v) is 8.46. The minimum absolute atomic E-state index is 0.0792. The summed E-state index contributed by atoms with van der Waals surface area (Å²) < 4.78 is 5.78. The topological polar surface area (TPSA) is 42.4 Å². The Morgan fingerprint density at radius 3 is 2.40 bits per heavy atom. The first kappa shape index (κ1) is 18.7. The predicted molar refractivity (Wildman–Crippen MR) is 101 cm³/mol. The molecular formula is C21H26N2O2. The van der Waals surface area contributed by atoms with Crippen LogP contribution >= 0.6 is 0 Å². The van der Waals surface area contributed by atoms with Crippen LogP contribution in [0.2, 0.25) is 0 Å². The zero-order valence-corrected chi connectivity index (χ0v) is 15.5. The van der Waals surface area contributed by atoms with Crippen molar-refractivity contribution in [1.82, 2.24) is 9.88 Å². The summed E-state index contributed by atoms with van der Waals surface area (Å²) in [6.07, 6.45) is 5.48. The van der Waals surface area contributed by atoms with Crippen LogP contribution in [0.25, 0.3) is 0 Å². The summed E-state index contributed by atoms with van der Waals surface area (Å²) >= 11 is 0. The van der Waals surface area contributed by atoms with Crippen LogP contribution in [0.1, 0.15) is 42.6 Å². The normalized spacial score (nSPS) is 13.0. The largest absolute Gasteiger partial charge is 0.439 e. The maximum Gasteiger partial charge on any atom is 0.254 e. The van der Waals surface area contributed by atoms with Gasteiger partial charge in [-0.3, -0.25) is 4.79 Å². The van der Waals surface area contributed by atoms with Crippen molar-refractivity contribution in [3.8, 4) is 11.6 Å². The second-order valence-corrected chi connectivity index (χ2v) is 6.62. The molecule has 1 aromatic carbocycles. The average molecular weight is 338 g/mol. The van der Waals surface area contributed by atoms with Gasteiger partial charge in [-0.05, 0) is 42.0 Å². The molecule has 1 unspecified atom stereocenters. The van der Waals surface area contributed by atoms with Gasteiger partial charge in [0.1, 0.15) is 5.75 Å². The van der Waals surface area contributed by atoms with Gasteiger partial charge in [-0.1, -0.05) is 32.1 Å². The summed E-state index contributed by atoms with van der Waals surface area (Å²) in [7, 11) is 3.43. The number of aromatic nitrogens is 1. The lowest BCUT2D eigenvalue weighted by molar-refractivity contribution is 0.0827. The second-order valence-electron chi connectivity index (χ2n) is 6.62. The van der Waals surface area contributed by atoms with Crippen molar-refractivity contribution in [3.05, 3.63) is 66.4 Å². The summed E-state index contributed by atoms with van der Waals surface area (Å²) in [5, 5.41) is 0. The molecule has 2 rings (SSSR count). The van der Waals surface area contributed by atoms with Gasteiger partial charge < -0.3 is 9.64 Å². The van der Waals surface area contributed by atoms with Gasteiger partial charge in [-0.2, -0.15) is 0 Å². The zero-order chi connectivity index (χ0) is 18.4. The molecule has 25 heavy (non-hydrogen) atoms. The lowest BCUT2D eigenvalue weighted by Crippen LogP contribution is -2.21. The van der Waals surface area contributed by atoms with E-state index in [2.05, 4.69) is 37.5 Å². The van der Waals surface area contributed by atoms with E-state index in [-0.39, 0.29) is 11.3 Å². The number of hydrogen-bond donors (Lipinski definition) is 0. The Morgan fingerprint density at radius 2 is 1.92 bits per heavy atom. The van der Waals surface area contributed by atoms with Crippen LogP contribution in [0.5, 0.6) is 11.6 Å². The molecule has 0 fully saturated rings. The average Bonchev–Trinajstić information content (AvgIpc) is 2.62. The number of rotatable bonds is 7. The third kappa shape index (κ3) is 4.47. The smallest absolute Gasteiger partial charge is 0.254 e. The molecule has 1 atom stereocenters. The van der Waals surface area contributed by atoms with Crippen molar-refractivity contribution in [3.63, 3.8) is 0 Å². The van der Waals surface area contributed by atoms with Gasteiger partial charge >= 0.3 is 0 Å². The maximum absolute atomic E-state index is 11.9. The zero-order valence-electron chi connectivity index (χ0n) is 15.5. The van der Waals surface area contributed by atoms with Gasteiger partial charge in [0, 0.05) is 26.4 Å². The number of pyridine rings is 1. The standard InChI is InChI=1S/C21H26N2O2/c1-6-14-21(3,7-2)17-9-11-18(12-10-17)25-19-13-8-16(15-22-19)20(24)23(4)5/h6,8-13,15H,1,7,14H2,2-5H3. The molecule has 1 aromatic heterocycles. The molecule has 1 amide bonds. The molecule has 0 bridgehead atoms. The van der Waals surface area contributed by atoms with Crippen LogP contribution in [0.3, 0.4) is 0 Å². The Labute approximate surface area is 150 Å². The highest BCUT2D eigenvalue weighted by Crippen LogP contribution is 2.33. The minimum Gasteiger partial charge on any atom is -0.439 e. The summed E-state index contributed by atoms with van der Waals surface area (Å²) in [5.74, 6) is 1.11. The van der Waals surface area contributed by atoms with E-state index in [9.17, 15) is 4.79 Å². The molecule has 0 N–H and O–H groups in total. The summed E-state index contributed by atoms with van der Waals surface area (Å²) in [6, 6.07) is 11.5. The molecule has 0 aliphatic rings. The van der Waals surface area contributed by atoms with E-state index < -0.39 is 0 Å². The first-order valence-electron chi connectivity index (χ1n) is 8.46. The van der Waals surface area contributed by atoms with Crippen molar-refractivity contribution < 1.29 is 9.53 Å². The third-order valence-corrected chi connectivity index (χ3v) is 4.54.